The molecule has 0 N–H and O–H groups in total. The molecule has 0 fully saturated rings. The van der Waals surface area contributed by atoms with E-state index < -0.39 is 0 Å². The summed E-state index contributed by atoms with van der Waals surface area (Å²) in [5, 5.41) is 1.11. The molecule has 2 nitrogen and oxygen atoms in total. The van der Waals surface area contributed by atoms with E-state index in [0.717, 1.165) is 40.0 Å². The van der Waals surface area contributed by atoms with Crippen LogP contribution in [0.2, 0.25) is 0 Å². The van der Waals surface area contributed by atoms with Crippen LogP contribution in [-0.2, 0) is 5.41 Å². The second-order valence-electron chi connectivity index (χ2n) is 15.4. The van der Waals surface area contributed by atoms with Crippen LogP contribution in [0, 0.1) is 18.3 Å². The summed E-state index contributed by atoms with van der Waals surface area (Å²) in [6.45, 7) is 24.2. The van der Waals surface area contributed by atoms with E-state index in [-0.39, 0.29) is 10.8 Å². The van der Waals surface area contributed by atoms with Crippen LogP contribution in [-0.4, -0.2) is 10.7 Å². The molecule has 1 unspecified atom stereocenters. The first-order chi connectivity index (χ1) is 22.8. The zero-order chi connectivity index (χ0) is 34.6. The van der Waals surface area contributed by atoms with Gasteiger partial charge in [-0.2, -0.15) is 0 Å². The van der Waals surface area contributed by atoms with Crippen LogP contribution in [0.15, 0.2) is 114 Å². The van der Waals surface area contributed by atoms with E-state index in [1.165, 1.54) is 58.2 Å². The Hall–Kier alpha value is -4.30. The highest BCUT2D eigenvalue weighted by molar-refractivity contribution is 6.06. The van der Waals surface area contributed by atoms with Gasteiger partial charge in [-0.25, -0.2) is 4.98 Å². The predicted octanol–water partition coefficient (Wildman–Crippen LogP) is 13.6. The monoisotopic (exact) mass is 634 g/mol. The van der Waals surface area contributed by atoms with Gasteiger partial charge in [0.25, 0.3) is 0 Å². The van der Waals surface area contributed by atoms with Gasteiger partial charge in [0, 0.05) is 27.6 Å². The van der Waals surface area contributed by atoms with E-state index in [9.17, 15) is 0 Å². The Kier molecular flexibility index (Phi) is 10.5. The highest BCUT2D eigenvalue weighted by Gasteiger charge is 2.23. The average Bonchev–Trinajstić information content (AvgIpc) is 3.32. The summed E-state index contributed by atoms with van der Waals surface area (Å²) in [6, 6.07) is 24.6. The Morgan fingerprint density at radius 2 is 1.58 bits per heavy atom. The summed E-state index contributed by atoms with van der Waals surface area (Å²) >= 11 is 0. The van der Waals surface area contributed by atoms with Crippen molar-refractivity contribution in [3.63, 3.8) is 0 Å². The number of aryl methyl sites for hydroxylation is 1. The molecule has 1 aromatic heterocycles. The first-order valence-corrected chi connectivity index (χ1v) is 17.8. The molecule has 0 saturated carbocycles. The molecule has 48 heavy (non-hydrogen) atoms. The van der Waals surface area contributed by atoms with E-state index in [4.69, 9.17) is 9.98 Å². The van der Waals surface area contributed by atoms with Crippen LogP contribution in [0.25, 0.3) is 38.7 Å². The maximum atomic E-state index is 5.34. The largest absolute Gasteiger partial charge is 0.250 e. The van der Waals surface area contributed by atoms with Crippen LogP contribution in [0.3, 0.4) is 0 Å². The molecule has 1 heterocycles. The molecular formula is C46H54N2. The number of aliphatic imine (C=N–C) groups is 1. The fourth-order valence-corrected chi connectivity index (χ4v) is 6.67. The number of pyridine rings is 1. The van der Waals surface area contributed by atoms with Crippen LogP contribution in [0.5, 0.6) is 0 Å². The summed E-state index contributed by atoms with van der Waals surface area (Å²) in [4.78, 5) is 10.6. The molecule has 1 aliphatic rings. The van der Waals surface area contributed by atoms with E-state index in [0.29, 0.717) is 5.92 Å². The zero-order valence-corrected chi connectivity index (χ0v) is 30.7. The summed E-state index contributed by atoms with van der Waals surface area (Å²) in [7, 11) is 0. The number of hydrogen-bond acceptors (Lipinski definition) is 2. The third kappa shape index (κ3) is 7.70. The maximum absolute atomic E-state index is 5.34. The van der Waals surface area contributed by atoms with Gasteiger partial charge in [0.15, 0.2) is 0 Å². The second kappa shape index (κ2) is 14.4. The Morgan fingerprint density at radius 1 is 0.875 bits per heavy atom. The topological polar surface area (TPSA) is 25.2 Å². The van der Waals surface area contributed by atoms with Gasteiger partial charge in [-0.15, -0.1) is 0 Å². The van der Waals surface area contributed by atoms with Crippen molar-refractivity contribution in [3.05, 3.63) is 126 Å². The Morgan fingerprint density at radius 3 is 2.23 bits per heavy atom. The number of allylic oxidation sites excluding steroid dienone is 7. The smallest absolute Gasteiger partial charge is 0.0971 e. The Balaban J connectivity index is 1.81. The average molecular weight is 635 g/mol. The second-order valence-corrected chi connectivity index (χ2v) is 15.4. The van der Waals surface area contributed by atoms with Gasteiger partial charge in [0.05, 0.1) is 11.2 Å². The minimum Gasteiger partial charge on any atom is -0.250 e. The lowest BCUT2D eigenvalue weighted by Gasteiger charge is -2.23. The molecule has 0 saturated heterocycles. The number of nitrogens with zero attached hydrogens (tertiary/aromatic N) is 2. The standard InChI is InChI=1S/C46H54N2/c1-11-18-32(12-2)34-21-17-22-35(25-24-34)37-27-36(33-19-15-14-16-20-33)28-38(29-37)40-30-42(46(8,9)10)48-44-39(40)26-23-31(4)43(44)47-41(13-3)45(5,6)7/h13-17,19-20,22-30,32H,3,11-12,18,21H2,1-2,4-10H3/b47-41+. The summed E-state index contributed by atoms with van der Waals surface area (Å²) < 4.78 is 0. The first kappa shape index (κ1) is 35.0. The van der Waals surface area contributed by atoms with Gasteiger partial charge >= 0.3 is 0 Å². The normalized spacial score (nSPS) is 14.8. The Labute approximate surface area is 290 Å². The molecule has 1 atom stereocenters. The Bertz CT molecular complexity index is 1920. The third-order valence-electron chi connectivity index (χ3n) is 9.59. The van der Waals surface area contributed by atoms with Gasteiger partial charge in [-0.3, -0.25) is 4.99 Å². The molecule has 2 heteroatoms. The molecule has 0 spiro atoms. The van der Waals surface area contributed by atoms with Gasteiger partial charge in [-0.05, 0) is 101 Å². The van der Waals surface area contributed by atoms with Crippen molar-refractivity contribution in [2.45, 2.75) is 93.4 Å². The number of hydrogen-bond donors (Lipinski definition) is 0. The lowest BCUT2D eigenvalue weighted by atomic mass is 9.86. The predicted molar refractivity (Wildman–Crippen MR) is 211 cm³/mol. The van der Waals surface area contributed by atoms with Crippen LogP contribution < -0.4 is 0 Å². The van der Waals surface area contributed by atoms with E-state index in [1.54, 1.807) is 0 Å². The van der Waals surface area contributed by atoms with Crippen molar-refractivity contribution in [3.8, 4) is 22.3 Å². The maximum Gasteiger partial charge on any atom is 0.0971 e. The quantitative estimate of drug-likeness (QED) is 0.168. The van der Waals surface area contributed by atoms with Crippen molar-refractivity contribution in [1.82, 2.24) is 4.98 Å². The van der Waals surface area contributed by atoms with Gasteiger partial charge in [0.1, 0.15) is 0 Å². The number of aromatic nitrogens is 1. The van der Waals surface area contributed by atoms with E-state index >= 15 is 0 Å². The van der Waals surface area contributed by atoms with Crippen molar-refractivity contribution >= 4 is 27.9 Å². The molecular weight excluding hydrogens is 581 g/mol. The van der Waals surface area contributed by atoms with Gasteiger partial charge < -0.3 is 0 Å². The van der Waals surface area contributed by atoms with Crippen LogP contribution in [0.4, 0.5) is 5.69 Å². The van der Waals surface area contributed by atoms with Gasteiger partial charge in [-0.1, -0.05) is 141 Å². The fraction of sp³-hybridized carbons (Fsp3) is 0.348. The third-order valence-corrected chi connectivity index (χ3v) is 9.59. The molecule has 5 rings (SSSR count). The number of rotatable bonds is 9. The summed E-state index contributed by atoms with van der Waals surface area (Å²) in [5.41, 5.74) is 13.5. The lowest BCUT2D eigenvalue weighted by molar-refractivity contribution is 0.526. The van der Waals surface area contributed by atoms with E-state index in [1.807, 2.05) is 6.08 Å². The highest BCUT2D eigenvalue weighted by atomic mass is 14.8. The highest BCUT2D eigenvalue weighted by Crippen LogP contribution is 2.41. The zero-order valence-electron chi connectivity index (χ0n) is 30.7. The molecule has 4 aromatic rings. The minimum absolute atomic E-state index is 0.137. The molecule has 0 amide bonds. The number of benzene rings is 3. The van der Waals surface area contributed by atoms with Crippen molar-refractivity contribution in [2.75, 3.05) is 0 Å². The molecule has 0 aliphatic heterocycles. The van der Waals surface area contributed by atoms with E-state index in [2.05, 4.69) is 160 Å². The molecule has 0 bridgehead atoms. The molecule has 248 valence electrons. The summed E-state index contributed by atoms with van der Waals surface area (Å²) in [5.74, 6) is 0.640. The minimum atomic E-state index is -0.152. The molecule has 3 aromatic carbocycles. The van der Waals surface area contributed by atoms with Crippen molar-refractivity contribution in [1.29, 1.82) is 0 Å². The van der Waals surface area contributed by atoms with Crippen molar-refractivity contribution < 1.29 is 0 Å². The van der Waals surface area contributed by atoms with Crippen LogP contribution >= 0.6 is 0 Å². The molecule has 0 radical (unpaired) electrons. The SMILES string of the molecule is C=C/C(=N\c1c(C)ccc2c(-c3cc(C4=CC=C(C(CC)CCC)CC=C4)cc(-c4ccccc4)c3)cc(C(C)(C)C)nc12)C(C)(C)C. The summed E-state index contributed by atoms with van der Waals surface area (Å²) in [6.07, 6.45) is 16.0. The van der Waals surface area contributed by atoms with Gasteiger partial charge in [0.2, 0.25) is 0 Å². The molecule has 1 aliphatic carbocycles. The van der Waals surface area contributed by atoms with Crippen molar-refractivity contribution in [2.24, 2.45) is 16.3 Å². The number of fused-ring (bicyclic) bond motifs is 1. The van der Waals surface area contributed by atoms with Crippen LogP contribution in [0.1, 0.15) is 97.9 Å². The lowest BCUT2D eigenvalue weighted by Crippen LogP contribution is -2.17. The fourth-order valence-electron chi connectivity index (χ4n) is 6.67. The first-order valence-electron chi connectivity index (χ1n) is 17.8.